The molecule has 1 fully saturated rings. The Morgan fingerprint density at radius 2 is 2.22 bits per heavy atom. The van der Waals surface area contributed by atoms with E-state index in [1.54, 1.807) is 0 Å². The van der Waals surface area contributed by atoms with E-state index in [2.05, 4.69) is 24.4 Å². The molecule has 1 aromatic rings. The highest BCUT2D eigenvalue weighted by atomic mass is 32.1. The summed E-state index contributed by atoms with van der Waals surface area (Å²) in [5.41, 5.74) is 5.90. The predicted molar refractivity (Wildman–Crippen MR) is 76.8 cm³/mol. The van der Waals surface area contributed by atoms with Crippen molar-refractivity contribution in [2.45, 2.75) is 44.7 Å². The molecule has 3 atom stereocenters. The van der Waals surface area contributed by atoms with Crippen molar-refractivity contribution < 1.29 is 5.11 Å². The van der Waals surface area contributed by atoms with E-state index in [-0.39, 0.29) is 6.04 Å². The molecule has 18 heavy (non-hydrogen) atoms. The average molecular weight is 268 g/mol. The van der Waals surface area contributed by atoms with E-state index in [1.165, 1.54) is 22.6 Å². The van der Waals surface area contributed by atoms with Crippen molar-refractivity contribution in [3.8, 4) is 0 Å². The molecule has 4 heteroatoms. The second kappa shape index (κ2) is 6.66. The smallest absolute Gasteiger partial charge is 0.0541 e. The van der Waals surface area contributed by atoms with Crippen LogP contribution in [0.2, 0.25) is 0 Å². The Balaban J connectivity index is 2.00. The minimum Gasteiger partial charge on any atom is -0.396 e. The van der Waals surface area contributed by atoms with Crippen LogP contribution in [0, 0.1) is 12.8 Å². The Morgan fingerprint density at radius 1 is 1.44 bits per heavy atom. The Morgan fingerprint density at radius 3 is 2.83 bits per heavy atom. The summed E-state index contributed by atoms with van der Waals surface area (Å²) in [6, 6.07) is 4.97. The van der Waals surface area contributed by atoms with Gasteiger partial charge < -0.3 is 16.2 Å². The number of aliphatic hydroxyl groups is 1. The maximum absolute atomic E-state index is 9.45. The van der Waals surface area contributed by atoms with E-state index < -0.39 is 0 Å². The zero-order chi connectivity index (χ0) is 13.0. The number of nitrogens with two attached hydrogens (primary N) is 1. The lowest BCUT2D eigenvalue weighted by Gasteiger charge is -2.33. The van der Waals surface area contributed by atoms with E-state index in [0.29, 0.717) is 25.1 Å². The van der Waals surface area contributed by atoms with Crippen LogP contribution in [-0.4, -0.2) is 24.3 Å². The van der Waals surface area contributed by atoms with E-state index in [0.717, 1.165) is 12.8 Å². The molecule has 1 aliphatic carbocycles. The summed E-state index contributed by atoms with van der Waals surface area (Å²) < 4.78 is 0. The highest BCUT2D eigenvalue weighted by Crippen LogP contribution is 2.28. The van der Waals surface area contributed by atoms with Gasteiger partial charge in [0, 0.05) is 28.9 Å². The zero-order valence-corrected chi connectivity index (χ0v) is 11.9. The van der Waals surface area contributed by atoms with Crippen LogP contribution in [0.5, 0.6) is 0 Å². The van der Waals surface area contributed by atoms with Crippen LogP contribution >= 0.6 is 11.3 Å². The molecule has 0 radical (unpaired) electrons. The Kier molecular flexibility index (Phi) is 5.18. The SMILES string of the molecule is Cc1ccc(C(CN)NC2CCCCC2CO)s1. The minimum absolute atomic E-state index is 0.237. The summed E-state index contributed by atoms with van der Waals surface area (Å²) in [5, 5.41) is 13.1. The first-order valence-electron chi connectivity index (χ1n) is 6.88. The number of aliphatic hydroxyl groups excluding tert-OH is 1. The molecule has 102 valence electrons. The van der Waals surface area contributed by atoms with Crippen LogP contribution in [0.1, 0.15) is 41.5 Å². The topological polar surface area (TPSA) is 58.3 Å². The van der Waals surface area contributed by atoms with Crippen LogP contribution in [0.15, 0.2) is 12.1 Å². The third-order valence-corrected chi connectivity index (χ3v) is 5.01. The number of thiophene rings is 1. The summed E-state index contributed by atoms with van der Waals surface area (Å²) >= 11 is 1.81. The molecular formula is C14H24N2OS. The lowest BCUT2D eigenvalue weighted by molar-refractivity contribution is 0.146. The molecule has 0 aromatic carbocycles. The summed E-state index contributed by atoms with van der Waals surface area (Å²) in [6.07, 6.45) is 4.80. The minimum atomic E-state index is 0.237. The van der Waals surface area contributed by atoms with Crippen molar-refractivity contribution in [3.05, 3.63) is 21.9 Å². The first kappa shape index (κ1) is 14.0. The van der Waals surface area contributed by atoms with Crippen molar-refractivity contribution in [3.63, 3.8) is 0 Å². The molecule has 0 bridgehead atoms. The molecule has 0 amide bonds. The van der Waals surface area contributed by atoms with E-state index in [9.17, 15) is 5.11 Å². The van der Waals surface area contributed by atoms with Crippen LogP contribution in [0.25, 0.3) is 0 Å². The second-order valence-electron chi connectivity index (χ2n) is 5.24. The molecule has 0 aliphatic heterocycles. The van der Waals surface area contributed by atoms with Crippen LogP contribution in [-0.2, 0) is 0 Å². The molecule has 0 spiro atoms. The second-order valence-corrected chi connectivity index (χ2v) is 6.56. The number of hydrogen-bond donors (Lipinski definition) is 3. The fourth-order valence-corrected chi connectivity index (χ4v) is 3.76. The Labute approximate surface area is 113 Å². The molecule has 3 nitrogen and oxygen atoms in total. The summed E-state index contributed by atoms with van der Waals surface area (Å²) in [7, 11) is 0. The van der Waals surface area contributed by atoms with Gasteiger partial charge in [0.1, 0.15) is 0 Å². The maximum atomic E-state index is 9.45. The van der Waals surface area contributed by atoms with Gasteiger partial charge in [-0.15, -0.1) is 11.3 Å². The van der Waals surface area contributed by atoms with Crippen LogP contribution < -0.4 is 11.1 Å². The van der Waals surface area contributed by atoms with E-state index in [4.69, 9.17) is 5.73 Å². The fraction of sp³-hybridized carbons (Fsp3) is 0.714. The van der Waals surface area contributed by atoms with Crippen LogP contribution in [0.3, 0.4) is 0 Å². The highest BCUT2D eigenvalue weighted by Gasteiger charge is 2.26. The molecule has 1 aliphatic rings. The van der Waals surface area contributed by atoms with Gasteiger partial charge in [0.15, 0.2) is 0 Å². The fourth-order valence-electron chi connectivity index (χ4n) is 2.81. The first-order chi connectivity index (χ1) is 8.74. The molecule has 1 heterocycles. The van der Waals surface area contributed by atoms with Gasteiger partial charge >= 0.3 is 0 Å². The standard InChI is InChI=1S/C14H24N2OS/c1-10-6-7-14(18-10)13(8-15)16-12-5-3-2-4-11(12)9-17/h6-7,11-13,16-17H,2-5,8-9,15H2,1H3. The van der Waals surface area contributed by atoms with Gasteiger partial charge in [-0.2, -0.15) is 0 Å². The third-order valence-electron chi connectivity index (χ3n) is 3.90. The molecule has 2 rings (SSSR count). The van der Waals surface area contributed by atoms with Crippen molar-refractivity contribution >= 4 is 11.3 Å². The van der Waals surface area contributed by atoms with E-state index >= 15 is 0 Å². The quantitative estimate of drug-likeness (QED) is 0.767. The maximum Gasteiger partial charge on any atom is 0.0541 e. The highest BCUT2D eigenvalue weighted by molar-refractivity contribution is 7.12. The monoisotopic (exact) mass is 268 g/mol. The number of rotatable bonds is 5. The molecule has 1 saturated carbocycles. The van der Waals surface area contributed by atoms with Gasteiger partial charge in [-0.05, 0) is 37.8 Å². The lowest BCUT2D eigenvalue weighted by atomic mass is 9.84. The van der Waals surface area contributed by atoms with Gasteiger partial charge in [-0.1, -0.05) is 12.8 Å². The van der Waals surface area contributed by atoms with Crippen molar-refractivity contribution in [1.29, 1.82) is 0 Å². The molecule has 1 aromatic heterocycles. The van der Waals surface area contributed by atoms with Crippen LogP contribution in [0.4, 0.5) is 0 Å². The normalized spacial score (nSPS) is 26.2. The Hall–Kier alpha value is -0.420. The van der Waals surface area contributed by atoms with Crippen molar-refractivity contribution in [2.75, 3.05) is 13.2 Å². The van der Waals surface area contributed by atoms with Gasteiger partial charge in [0.05, 0.1) is 6.04 Å². The molecule has 4 N–H and O–H groups in total. The number of nitrogens with one attached hydrogen (secondary N) is 1. The lowest BCUT2D eigenvalue weighted by Crippen LogP contribution is -2.43. The molecule has 3 unspecified atom stereocenters. The largest absolute Gasteiger partial charge is 0.396 e. The van der Waals surface area contributed by atoms with Crippen molar-refractivity contribution in [2.24, 2.45) is 11.7 Å². The summed E-state index contributed by atoms with van der Waals surface area (Å²) in [6.45, 7) is 3.03. The molecule has 0 saturated heterocycles. The molecular weight excluding hydrogens is 244 g/mol. The van der Waals surface area contributed by atoms with Gasteiger partial charge in [0.25, 0.3) is 0 Å². The third kappa shape index (κ3) is 3.32. The summed E-state index contributed by atoms with van der Waals surface area (Å²) in [5.74, 6) is 0.397. The average Bonchev–Trinajstić information content (AvgIpc) is 2.83. The van der Waals surface area contributed by atoms with Gasteiger partial charge in [-0.3, -0.25) is 0 Å². The zero-order valence-electron chi connectivity index (χ0n) is 11.1. The van der Waals surface area contributed by atoms with Crippen molar-refractivity contribution in [1.82, 2.24) is 5.32 Å². The summed E-state index contributed by atoms with van der Waals surface area (Å²) in [4.78, 5) is 2.64. The van der Waals surface area contributed by atoms with E-state index in [1.807, 2.05) is 11.3 Å². The number of hydrogen-bond acceptors (Lipinski definition) is 4. The van der Waals surface area contributed by atoms with Gasteiger partial charge in [0.2, 0.25) is 0 Å². The first-order valence-corrected chi connectivity index (χ1v) is 7.69. The number of aryl methyl sites for hydroxylation is 1. The predicted octanol–water partition coefficient (Wildman–Crippen LogP) is 2.20. The Bertz CT molecular complexity index is 366. The van der Waals surface area contributed by atoms with Gasteiger partial charge in [-0.25, -0.2) is 0 Å².